The standard InChI is InChI=1S/C16H24ClNO2/c1-19-15-9-5-6-10-16(15)20-12-11-18-14-8-4-2-3-7-13(14)17/h5-6,9-10,13-14,18H,2-4,7-8,11-12H2,1H3. The summed E-state index contributed by atoms with van der Waals surface area (Å²) >= 11 is 6.41. The summed E-state index contributed by atoms with van der Waals surface area (Å²) in [4.78, 5) is 0. The highest BCUT2D eigenvalue weighted by molar-refractivity contribution is 6.21. The molecule has 1 aromatic rings. The number of methoxy groups -OCH3 is 1. The van der Waals surface area contributed by atoms with Crippen LogP contribution in [-0.4, -0.2) is 31.7 Å². The molecule has 0 saturated heterocycles. The van der Waals surface area contributed by atoms with Gasteiger partial charge >= 0.3 is 0 Å². The van der Waals surface area contributed by atoms with Crippen LogP contribution in [0.3, 0.4) is 0 Å². The lowest BCUT2D eigenvalue weighted by atomic mass is 10.1. The Labute approximate surface area is 126 Å². The van der Waals surface area contributed by atoms with E-state index in [2.05, 4.69) is 5.32 Å². The summed E-state index contributed by atoms with van der Waals surface area (Å²) in [5.74, 6) is 1.57. The number of hydrogen-bond acceptors (Lipinski definition) is 3. The molecule has 2 unspecified atom stereocenters. The second-order valence-electron chi connectivity index (χ2n) is 5.21. The van der Waals surface area contributed by atoms with E-state index < -0.39 is 0 Å². The average Bonchev–Trinajstić information content (AvgIpc) is 2.69. The van der Waals surface area contributed by atoms with E-state index in [0.717, 1.165) is 24.5 Å². The van der Waals surface area contributed by atoms with Crippen LogP contribution in [-0.2, 0) is 0 Å². The molecule has 1 fully saturated rings. The molecule has 1 aliphatic carbocycles. The first-order valence-electron chi connectivity index (χ1n) is 7.44. The van der Waals surface area contributed by atoms with Gasteiger partial charge in [-0.2, -0.15) is 0 Å². The molecule has 3 nitrogen and oxygen atoms in total. The van der Waals surface area contributed by atoms with Crippen LogP contribution in [0.15, 0.2) is 24.3 Å². The lowest BCUT2D eigenvalue weighted by molar-refractivity contribution is 0.283. The van der Waals surface area contributed by atoms with Gasteiger partial charge in [-0.05, 0) is 25.0 Å². The monoisotopic (exact) mass is 297 g/mol. The zero-order valence-electron chi connectivity index (χ0n) is 12.1. The highest BCUT2D eigenvalue weighted by atomic mass is 35.5. The van der Waals surface area contributed by atoms with Gasteiger partial charge in [0.1, 0.15) is 6.61 Å². The van der Waals surface area contributed by atoms with E-state index in [4.69, 9.17) is 21.1 Å². The average molecular weight is 298 g/mol. The molecule has 4 heteroatoms. The zero-order chi connectivity index (χ0) is 14.2. The zero-order valence-corrected chi connectivity index (χ0v) is 12.9. The van der Waals surface area contributed by atoms with Crippen molar-refractivity contribution in [3.63, 3.8) is 0 Å². The highest BCUT2D eigenvalue weighted by Gasteiger charge is 2.20. The van der Waals surface area contributed by atoms with Gasteiger partial charge in [-0.1, -0.05) is 31.4 Å². The largest absolute Gasteiger partial charge is 0.493 e. The lowest BCUT2D eigenvalue weighted by Crippen LogP contribution is -2.38. The Morgan fingerprint density at radius 3 is 2.70 bits per heavy atom. The third-order valence-corrected chi connectivity index (χ3v) is 4.29. The van der Waals surface area contributed by atoms with E-state index >= 15 is 0 Å². The van der Waals surface area contributed by atoms with Crippen LogP contribution in [0.5, 0.6) is 11.5 Å². The van der Waals surface area contributed by atoms with E-state index in [9.17, 15) is 0 Å². The molecule has 0 amide bonds. The van der Waals surface area contributed by atoms with Gasteiger partial charge in [0.25, 0.3) is 0 Å². The van der Waals surface area contributed by atoms with Crippen LogP contribution >= 0.6 is 11.6 Å². The van der Waals surface area contributed by atoms with Gasteiger partial charge in [-0.3, -0.25) is 0 Å². The van der Waals surface area contributed by atoms with Crippen molar-refractivity contribution in [2.24, 2.45) is 0 Å². The third-order valence-electron chi connectivity index (χ3n) is 3.77. The molecule has 0 heterocycles. The predicted octanol–water partition coefficient (Wildman–Crippen LogP) is 3.60. The Morgan fingerprint density at radius 1 is 1.15 bits per heavy atom. The van der Waals surface area contributed by atoms with Crippen molar-refractivity contribution in [3.8, 4) is 11.5 Å². The second kappa shape index (κ2) is 8.38. The molecular formula is C16H24ClNO2. The predicted molar refractivity (Wildman–Crippen MR) is 83.0 cm³/mol. The minimum absolute atomic E-state index is 0.253. The van der Waals surface area contributed by atoms with E-state index in [1.54, 1.807) is 7.11 Å². The van der Waals surface area contributed by atoms with Gasteiger partial charge in [0.2, 0.25) is 0 Å². The molecule has 20 heavy (non-hydrogen) atoms. The fourth-order valence-corrected chi connectivity index (χ4v) is 3.01. The molecule has 0 spiro atoms. The number of hydrogen-bond donors (Lipinski definition) is 1. The normalized spacial score (nSPS) is 23.1. The molecule has 1 aromatic carbocycles. The fraction of sp³-hybridized carbons (Fsp3) is 0.625. The van der Waals surface area contributed by atoms with Gasteiger partial charge < -0.3 is 14.8 Å². The number of halogens is 1. The SMILES string of the molecule is COc1ccccc1OCCNC1CCCCCC1Cl. The molecule has 112 valence electrons. The van der Waals surface area contributed by atoms with Crippen LogP contribution in [0, 0.1) is 0 Å². The van der Waals surface area contributed by atoms with Crippen LogP contribution in [0.25, 0.3) is 0 Å². The van der Waals surface area contributed by atoms with Crippen molar-refractivity contribution in [1.29, 1.82) is 0 Å². The van der Waals surface area contributed by atoms with Gasteiger partial charge in [-0.15, -0.1) is 11.6 Å². The smallest absolute Gasteiger partial charge is 0.161 e. The van der Waals surface area contributed by atoms with Crippen LogP contribution < -0.4 is 14.8 Å². The first kappa shape index (κ1) is 15.5. The van der Waals surface area contributed by atoms with Crippen molar-refractivity contribution >= 4 is 11.6 Å². The molecule has 0 aliphatic heterocycles. The summed E-state index contributed by atoms with van der Waals surface area (Å²) in [5.41, 5.74) is 0. The molecule has 1 saturated carbocycles. The van der Waals surface area contributed by atoms with Crippen molar-refractivity contribution in [2.45, 2.75) is 43.5 Å². The van der Waals surface area contributed by atoms with E-state index in [1.165, 1.54) is 25.7 Å². The number of nitrogens with one attached hydrogen (secondary N) is 1. The van der Waals surface area contributed by atoms with Crippen molar-refractivity contribution in [2.75, 3.05) is 20.3 Å². The second-order valence-corrected chi connectivity index (χ2v) is 5.77. The van der Waals surface area contributed by atoms with Crippen LogP contribution in [0.4, 0.5) is 0 Å². The maximum atomic E-state index is 6.41. The number of ether oxygens (including phenoxy) is 2. The molecule has 0 bridgehead atoms. The summed E-state index contributed by atoms with van der Waals surface area (Å²) < 4.78 is 11.0. The van der Waals surface area contributed by atoms with Crippen molar-refractivity contribution < 1.29 is 9.47 Å². The minimum Gasteiger partial charge on any atom is -0.493 e. The lowest BCUT2D eigenvalue weighted by Gasteiger charge is -2.21. The summed E-state index contributed by atoms with van der Waals surface area (Å²) in [6.45, 7) is 1.44. The van der Waals surface area contributed by atoms with Crippen molar-refractivity contribution in [1.82, 2.24) is 5.32 Å². The maximum Gasteiger partial charge on any atom is 0.161 e. The summed E-state index contributed by atoms with van der Waals surface area (Å²) in [6, 6.07) is 8.14. The number of rotatable bonds is 6. The van der Waals surface area contributed by atoms with Gasteiger partial charge in [0.15, 0.2) is 11.5 Å². The number of para-hydroxylation sites is 2. The Bertz CT molecular complexity index is 400. The Kier molecular flexibility index (Phi) is 6.48. The minimum atomic E-state index is 0.253. The summed E-state index contributed by atoms with van der Waals surface area (Å²) in [7, 11) is 1.66. The molecule has 0 aromatic heterocycles. The molecular weight excluding hydrogens is 274 g/mol. The molecule has 1 N–H and O–H groups in total. The van der Waals surface area contributed by atoms with E-state index in [1.807, 2.05) is 24.3 Å². The maximum absolute atomic E-state index is 6.41. The Morgan fingerprint density at radius 2 is 1.90 bits per heavy atom. The molecule has 0 radical (unpaired) electrons. The quantitative estimate of drug-likeness (QED) is 0.494. The number of benzene rings is 1. The topological polar surface area (TPSA) is 30.5 Å². The first-order chi connectivity index (χ1) is 9.81. The van der Waals surface area contributed by atoms with E-state index in [0.29, 0.717) is 12.6 Å². The Hall–Kier alpha value is -0.930. The van der Waals surface area contributed by atoms with Gasteiger partial charge in [0.05, 0.1) is 7.11 Å². The van der Waals surface area contributed by atoms with Gasteiger partial charge in [0, 0.05) is 18.0 Å². The summed E-state index contributed by atoms with van der Waals surface area (Å²) in [6.07, 6.45) is 6.12. The van der Waals surface area contributed by atoms with Gasteiger partial charge in [-0.25, -0.2) is 0 Å². The third kappa shape index (κ3) is 4.57. The van der Waals surface area contributed by atoms with Crippen molar-refractivity contribution in [3.05, 3.63) is 24.3 Å². The van der Waals surface area contributed by atoms with E-state index in [-0.39, 0.29) is 5.38 Å². The Balaban J connectivity index is 1.73. The first-order valence-corrected chi connectivity index (χ1v) is 7.88. The van der Waals surface area contributed by atoms with Crippen LogP contribution in [0.2, 0.25) is 0 Å². The molecule has 1 aliphatic rings. The number of alkyl halides is 1. The highest BCUT2D eigenvalue weighted by Crippen LogP contribution is 2.25. The summed E-state index contributed by atoms with van der Waals surface area (Å²) in [5, 5.41) is 3.77. The molecule has 2 atom stereocenters. The van der Waals surface area contributed by atoms with Crippen LogP contribution in [0.1, 0.15) is 32.1 Å². The molecule has 2 rings (SSSR count). The fourth-order valence-electron chi connectivity index (χ4n) is 2.64.